The van der Waals surface area contributed by atoms with E-state index in [9.17, 15) is 12.8 Å². The van der Waals surface area contributed by atoms with Gasteiger partial charge in [0.1, 0.15) is 10.7 Å². The van der Waals surface area contributed by atoms with Crippen LogP contribution in [0.25, 0.3) is 0 Å². The number of benzene rings is 1. The predicted octanol–water partition coefficient (Wildman–Crippen LogP) is 1.63. The number of aliphatic hydroxyl groups is 1. The van der Waals surface area contributed by atoms with E-state index >= 15 is 0 Å². The first kappa shape index (κ1) is 17.3. The van der Waals surface area contributed by atoms with Crippen LogP contribution in [-0.4, -0.2) is 44.6 Å². The molecule has 0 saturated carbocycles. The van der Waals surface area contributed by atoms with Crippen molar-refractivity contribution in [1.82, 2.24) is 4.31 Å². The van der Waals surface area contributed by atoms with Gasteiger partial charge in [0.05, 0.1) is 13.2 Å². The number of hydrogen-bond acceptors (Lipinski definition) is 4. The molecule has 0 unspecified atom stereocenters. The molecular formula is C12H17ClFNO4S. The van der Waals surface area contributed by atoms with Crippen molar-refractivity contribution < 1.29 is 22.7 Å². The molecule has 0 amide bonds. The van der Waals surface area contributed by atoms with Crippen molar-refractivity contribution in [2.45, 2.75) is 18.4 Å². The Bertz CT molecular complexity index is 565. The Morgan fingerprint density at radius 1 is 1.45 bits per heavy atom. The van der Waals surface area contributed by atoms with Crippen LogP contribution < -0.4 is 0 Å². The maximum Gasteiger partial charge on any atom is 0.245 e. The lowest BCUT2D eigenvalue weighted by atomic mass is 10.2. The summed E-state index contributed by atoms with van der Waals surface area (Å²) in [6.45, 7) is 1.93. The van der Waals surface area contributed by atoms with Gasteiger partial charge in [0.25, 0.3) is 0 Å². The summed E-state index contributed by atoms with van der Waals surface area (Å²) in [5.41, 5.74) is -0.158. The highest BCUT2D eigenvalue weighted by Gasteiger charge is 2.26. The Kier molecular flexibility index (Phi) is 6.35. The fraction of sp³-hybridized carbons (Fsp3) is 0.500. The molecule has 0 fully saturated rings. The van der Waals surface area contributed by atoms with E-state index in [1.54, 1.807) is 6.92 Å². The molecule has 0 bridgehead atoms. The van der Waals surface area contributed by atoms with E-state index < -0.39 is 27.3 Å². The van der Waals surface area contributed by atoms with Crippen molar-refractivity contribution in [2.75, 3.05) is 26.8 Å². The van der Waals surface area contributed by atoms with E-state index in [1.165, 1.54) is 13.1 Å². The number of sulfonamides is 1. The van der Waals surface area contributed by atoms with Gasteiger partial charge in [0, 0.05) is 30.8 Å². The first-order valence-electron chi connectivity index (χ1n) is 5.97. The highest BCUT2D eigenvalue weighted by atomic mass is 35.5. The maximum atomic E-state index is 14.0. The molecule has 0 aliphatic rings. The molecule has 5 nitrogen and oxygen atoms in total. The number of aliphatic hydroxyl groups excluding tert-OH is 1. The smallest absolute Gasteiger partial charge is 0.245 e. The largest absolute Gasteiger partial charge is 0.392 e. The third-order valence-corrected chi connectivity index (χ3v) is 4.77. The topological polar surface area (TPSA) is 66.8 Å². The van der Waals surface area contributed by atoms with Crippen LogP contribution in [0.3, 0.4) is 0 Å². The molecular weight excluding hydrogens is 309 g/mol. The SMILES string of the molecule is CCOCCN(C)S(=O)(=O)c1cc(Cl)cc(CO)c1F. The highest BCUT2D eigenvalue weighted by molar-refractivity contribution is 7.89. The summed E-state index contributed by atoms with van der Waals surface area (Å²) < 4.78 is 44.6. The van der Waals surface area contributed by atoms with Crippen molar-refractivity contribution >= 4 is 21.6 Å². The Hall–Kier alpha value is -0.730. The molecule has 0 saturated heterocycles. The zero-order valence-corrected chi connectivity index (χ0v) is 12.8. The predicted molar refractivity (Wildman–Crippen MR) is 73.6 cm³/mol. The normalized spacial score (nSPS) is 12.1. The molecule has 1 N–H and O–H groups in total. The molecule has 20 heavy (non-hydrogen) atoms. The van der Waals surface area contributed by atoms with Crippen LogP contribution >= 0.6 is 11.6 Å². The first-order valence-corrected chi connectivity index (χ1v) is 7.79. The summed E-state index contributed by atoms with van der Waals surface area (Å²) in [7, 11) is -2.70. The Morgan fingerprint density at radius 2 is 2.10 bits per heavy atom. The molecule has 1 aromatic carbocycles. The van der Waals surface area contributed by atoms with Gasteiger partial charge in [-0.25, -0.2) is 12.8 Å². The van der Waals surface area contributed by atoms with Crippen LogP contribution in [0.1, 0.15) is 12.5 Å². The Morgan fingerprint density at radius 3 is 2.65 bits per heavy atom. The van der Waals surface area contributed by atoms with Crippen LogP contribution in [0.4, 0.5) is 4.39 Å². The molecule has 0 aromatic heterocycles. The average Bonchev–Trinajstić information content (AvgIpc) is 2.40. The third kappa shape index (κ3) is 3.89. The number of rotatable bonds is 7. The number of likely N-dealkylation sites (N-methyl/N-ethyl adjacent to an activating group) is 1. The van der Waals surface area contributed by atoms with Gasteiger partial charge in [0.2, 0.25) is 10.0 Å². The van der Waals surface area contributed by atoms with Crippen LogP contribution in [0, 0.1) is 5.82 Å². The van der Waals surface area contributed by atoms with Crippen LogP contribution in [0.5, 0.6) is 0 Å². The van der Waals surface area contributed by atoms with Gasteiger partial charge < -0.3 is 9.84 Å². The van der Waals surface area contributed by atoms with E-state index in [4.69, 9.17) is 21.4 Å². The second-order valence-corrected chi connectivity index (χ2v) is 6.51. The Balaban J connectivity index is 3.12. The summed E-state index contributed by atoms with van der Waals surface area (Å²) in [5.74, 6) is -0.986. The number of halogens is 2. The molecule has 0 spiro atoms. The molecule has 8 heteroatoms. The van der Waals surface area contributed by atoms with E-state index in [2.05, 4.69) is 0 Å². The van der Waals surface area contributed by atoms with Crippen molar-refractivity contribution in [3.63, 3.8) is 0 Å². The summed E-state index contributed by atoms with van der Waals surface area (Å²) in [6.07, 6.45) is 0. The van der Waals surface area contributed by atoms with Crippen molar-refractivity contribution in [1.29, 1.82) is 0 Å². The Labute approximate surface area is 123 Å². The average molecular weight is 326 g/mol. The van der Waals surface area contributed by atoms with Gasteiger partial charge in [-0.05, 0) is 19.1 Å². The number of nitrogens with zero attached hydrogens (tertiary/aromatic N) is 1. The maximum absolute atomic E-state index is 14.0. The van der Waals surface area contributed by atoms with Gasteiger partial charge in [0.15, 0.2) is 0 Å². The van der Waals surface area contributed by atoms with Crippen LogP contribution in [-0.2, 0) is 21.4 Å². The number of hydrogen-bond donors (Lipinski definition) is 1. The monoisotopic (exact) mass is 325 g/mol. The van der Waals surface area contributed by atoms with Gasteiger partial charge in [-0.1, -0.05) is 11.6 Å². The van der Waals surface area contributed by atoms with Gasteiger partial charge >= 0.3 is 0 Å². The van der Waals surface area contributed by atoms with E-state index in [-0.39, 0.29) is 23.7 Å². The molecule has 0 aliphatic heterocycles. The van der Waals surface area contributed by atoms with Crippen molar-refractivity contribution in [2.24, 2.45) is 0 Å². The fourth-order valence-corrected chi connectivity index (χ4v) is 3.14. The quantitative estimate of drug-likeness (QED) is 0.774. The fourth-order valence-electron chi connectivity index (χ4n) is 1.55. The third-order valence-electron chi connectivity index (χ3n) is 2.69. The first-order chi connectivity index (χ1) is 9.34. The second-order valence-electron chi connectivity index (χ2n) is 4.06. The van der Waals surface area contributed by atoms with Gasteiger partial charge in [-0.2, -0.15) is 4.31 Å². The lowest BCUT2D eigenvalue weighted by Gasteiger charge is -2.18. The van der Waals surface area contributed by atoms with E-state index in [1.807, 2.05) is 0 Å². The minimum atomic E-state index is -4.02. The lowest BCUT2D eigenvalue weighted by Crippen LogP contribution is -2.31. The summed E-state index contributed by atoms with van der Waals surface area (Å²) in [5, 5.41) is 9.07. The van der Waals surface area contributed by atoms with Gasteiger partial charge in [-0.3, -0.25) is 0 Å². The molecule has 1 aromatic rings. The lowest BCUT2D eigenvalue weighted by molar-refractivity contribution is 0.138. The van der Waals surface area contributed by atoms with Crippen LogP contribution in [0.2, 0.25) is 5.02 Å². The molecule has 0 atom stereocenters. The van der Waals surface area contributed by atoms with E-state index in [0.717, 1.165) is 10.4 Å². The van der Waals surface area contributed by atoms with Crippen molar-refractivity contribution in [3.8, 4) is 0 Å². The van der Waals surface area contributed by atoms with Crippen LogP contribution in [0.15, 0.2) is 17.0 Å². The zero-order valence-electron chi connectivity index (χ0n) is 11.3. The standard InChI is InChI=1S/C12H17ClFNO4S/c1-3-19-5-4-15(2)20(17,18)11-7-10(13)6-9(8-16)12(11)14/h6-7,16H,3-5,8H2,1-2H3. The molecule has 114 valence electrons. The molecule has 1 rings (SSSR count). The summed E-state index contributed by atoms with van der Waals surface area (Å²) in [4.78, 5) is -0.548. The highest BCUT2D eigenvalue weighted by Crippen LogP contribution is 2.25. The molecule has 0 heterocycles. The second kappa shape index (κ2) is 7.33. The summed E-state index contributed by atoms with van der Waals surface area (Å²) >= 11 is 5.75. The van der Waals surface area contributed by atoms with Crippen molar-refractivity contribution in [3.05, 3.63) is 28.5 Å². The molecule has 0 radical (unpaired) electrons. The minimum Gasteiger partial charge on any atom is -0.392 e. The summed E-state index contributed by atoms with van der Waals surface area (Å²) in [6, 6.07) is 2.22. The zero-order chi connectivity index (χ0) is 15.3. The van der Waals surface area contributed by atoms with E-state index in [0.29, 0.717) is 6.61 Å². The molecule has 0 aliphatic carbocycles. The number of ether oxygens (including phenoxy) is 1. The minimum absolute atomic E-state index is 0.0484. The van der Waals surface area contributed by atoms with Gasteiger partial charge in [-0.15, -0.1) is 0 Å².